The maximum absolute atomic E-state index is 16.6. The van der Waals surface area contributed by atoms with Crippen LogP contribution in [0.3, 0.4) is 0 Å². The van der Waals surface area contributed by atoms with Crippen molar-refractivity contribution in [3.05, 3.63) is 40.8 Å². The van der Waals surface area contributed by atoms with Crippen LogP contribution in [0.15, 0.2) is 24.4 Å². The molecule has 218 valence electrons. The molecule has 2 aromatic heterocycles. The molecule has 0 spiro atoms. The first-order chi connectivity index (χ1) is 19.6. The van der Waals surface area contributed by atoms with Gasteiger partial charge in [0.2, 0.25) is 0 Å². The third-order valence-corrected chi connectivity index (χ3v) is 8.71. The third-order valence-electron chi connectivity index (χ3n) is 8.41. The Morgan fingerprint density at radius 3 is 2.76 bits per heavy atom. The molecule has 0 aliphatic carbocycles. The van der Waals surface area contributed by atoms with E-state index in [1.165, 1.54) is 0 Å². The van der Waals surface area contributed by atoms with Gasteiger partial charge in [-0.25, -0.2) is 13.2 Å². The van der Waals surface area contributed by atoms with E-state index in [0.717, 1.165) is 35.9 Å². The molecular formula is C30H34ClF3N6O. The van der Waals surface area contributed by atoms with Gasteiger partial charge in [0.05, 0.1) is 29.9 Å². The molecule has 2 aliphatic heterocycles. The van der Waals surface area contributed by atoms with Crippen LogP contribution >= 0.6 is 11.6 Å². The van der Waals surface area contributed by atoms with Crippen LogP contribution in [0.5, 0.6) is 6.01 Å². The number of alkyl halides is 2. The molecule has 0 bridgehead atoms. The smallest absolute Gasteiger partial charge is 0.319 e. The van der Waals surface area contributed by atoms with Crippen LogP contribution < -0.4 is 9.64 Å². The zero-order chi connectivity index (χ0) is 28.9. The molecule has 1 N–H and O–H groups in total. The number of halogens is 4. The molecule has 6 rings (SSSR count). The van der Waals surface area contributed by atoms with Gasteiger partial charge < -0.3 is 9.64 Å². The second kappa shape index (κ2) is 10.9. The Morgan fingerprint density at radius 1 is 1.15 bits per heavy atom. The van der Waals surface area contributed by atoms with Crippen LogP contribution in [0, 0.1) is 18.7 Å². The van der Waals surface area contributed by atoms with Crippen molar-refractivity contribution in [3.8, 4) is 17.1 Å². The summed E-state index contributed by atoms with van der Waals surface area (Å²) >= 11 is 6.85. The van der Waals surface area contributed by atoms with Gasteiger partial charge in [-0.05, 0) is 56.7 Å². The summed E-state index contributed by atoms with van der Waals surface area (Å²) in [5.41, 5.74) is 2.69. The summed E-state index contributed by atoms with van der Waals surface area (Å²) < 4.78 is 49.7. The first kappa shape index (κ1) is 28.0. The summed E-state index contributed by atoms with van der Waals surface area (Å²) in [5.74, 6) is -2.14. The Balaban J connectivity index is 1.40. The van der Waals surface area contributed by atoms with Gasteiger partial charge in [0.25, 0.3) is 5.92 Å². The molecule has 2 atom stereocenters. The van der Waals surface area contributed by atoms with Crippen molar-refractivity contribution in [2.24, 2.45) is 5.92 Å². The van der Waals surface area contributed by atoms with Crippen LogP contribution in [0.1, 0.15) is 45.1 Å². The number of H-pyrrole nitrogens is 1. The first-order valence-corrected chi connectivity index (χ1v) is 14.6. The predicted octanol–water partition coefficient (Wildman–Crippen LogP) is 7.01. The number of aromatic amines is 1. The summed E-state index contributed by atoms with van der Waals surface area (Å²) in [6.07, 6.45) is 4.17. The van der Waals surface area contributed by atoms with E-state index in [0.29, 0.717) is 42.2 Å². The molecule has 4 aromatic rings. The van der Waals surface area contributed by atoms with Gasteiger partial charge in [0.1, 0.15) is 11.3 Å². The summed E-state index contributed by atoms with van der Waals surface area (Å²) in [7, 11) is 0. The molecule has 11 heteroatoms. The molecule has 2 aliphatic rings. The minimum Gasteiger partial charge on any atom is -0.463 e. The molecular weight excluding hydrogens is 553 g/mol. The summed E-state index contributed by atoms with van der Waals surface area (Å²) in [6.45, 7) is 7.87. The van der Waals surface area contributed by atoms with E-state index >= 15 is 4.39 Å². The number of rotatable bonds is 7. The minimum atomic E-state index is -2.63. The molecule has 0 radical (unpaired) electrons. The normalized spacial score (nSPS) is 21.3. The molecule has 2 saturated heterocycles. The van der Waals surface area contributed by atoms with Crippen LogP contribution in [-0.2, 0) is 0 Å². The summed E-state index contributed by atoms with van der Waals surface area (Å²) in [6, 6.07) is 5.82. The highest BCUT2D eigenvalue weighted by molar-refractivity contribution is 6.35. The summed E-state index contributed by atoms with van der Waals surface area (Å²) in [5, 5.41) is 8.65. The van der Waals surface area contributed by atoms with Crippen molar-refractivity contribution in [1.82, 2.24) is 25.1 Å². The number of nitrogens with one attached hydrogen (secondary N) is 1. The Kier molecular flexibility index (Phi) is 7.48. The van der Waals surface area contributed by atoms with Gasteiger partial charge in [-0.1, -0.05) is 24.6 Å². The summed E-state index contributed by atoms with van der Waals surface area (Å²) in [4.78, 5) is 13.2. The molecule has 0 saturated carbocycles. The number of aryl methyl sites for hydroxylation is 1. The Morgan fingerprint density at radius 2 is 1.98 bits per heavy atom. The van der Waals surface area contributed by atoms with Gasteiger partial charge in [0, 0.05) is 54.0 Å². The van der Waals surface area contributed by atoms with Crippen LogP contribution in [0.25, 0.3) is 32.9 Å². The van der Waals surface area contributed by atoms with Crippen LogP contribution in [0.4, 0.5) is 19.0 Å². The highest BCUT2D eigenvalue weighted by Gasteiger charge is 2.37. The number of benzene rings is 2. The van der Waals surface area contributed by atoms with E-state index in [2.05, 4.69) is 33.9 Å². The van der Waals surface area contributed by atoms with Crippen molar-refractivity contribution in [1.29, 1.82) is 0 Å². The number of likely N-dealkylation sites (tertiary alicyclic amines) is 1. The van der Waals surface area contributed by atoms with Gasteiger partial charge in [0.15, 0.2) is 5.82 Å². The predicted molar refractivity (Wildman–Crippen MR) is 156 cm³/mol. The average Bonchev–Trinajstić information content (AvgIpc) is 3.55. The van der Waals surface area contributed by atoms with E-state index in [1.54, 1.807) is 17.2 Å². The molecule has 0 unspecified atom stereocenters. The van der Waals surface area contributed by atoms with Gasteiger partial charge >= 0.3 is 6.01 Å². The second-order valence-corrected chi connectivity index (χ2v) is 12.0. The van der Waals surface area contributed by atoms with E-state index in [9.17, 15) is 8.78 Å². The highest BCUT2D eigenvalue weighted by Crippen LogP contribution is 2.43. The van der Waals surface area contributed by atoms with E-state index in [-0.39, 0.29) is 47.7 Å². The second-order valence-electron chi connectivity index (χ2n) is 11.6. The number of nitrogens with zero attached hydrogens (tertiary/aromatic N) is 5. The largest absolute Gasteiger partial charge is 0.463 e. The zero-order valence-electron chi connectivity index (χ0n) is 23.5. The van der Waals surface area contributed by atoms with Crippen molar-refractivity contribution < 1.29 is 17.9 Å². The number of hydrogen-bond donors (Lipinski definition) is 1. The molecule has 4 heterocycles. The molecule has 7 nitrogen and oxygen atoms in total. The third kappa shape index (κ3) is 5.44. The lowest BCUT2D eigenvalue weighted by atomic mass is 9.93. The van der Waals surface area contributed by atoms with Gasteiger partial charge in [-0.3, -0.25) is 10.00 Å². The highest BCUT2D eigenvalue weighted by atomic mass is 35.5. The Bertz CT molecular complexity index is 1590. The Labute approximate surface area is 242 Å². The number of ether oxygens (including phenoxy) is 1. The molecule has 2 fully saturated rings. The van der Waals surface area contributed by atoms with Crippen molar-refractivity contribution in [3.63, 3.8) is 0 Å². The van der Waals surface area contributed by atoms with E-state index in [4.69, 9.17) is 21.3 Å². The zero-order valence-corrected chi connectivity index (χ0v) is 24.2. The molecule has 2 aromatic carbocycles. The maximum Gasteiger partial charge on any atom is 0.319 e. The fourth-order valence-corrected chi connectivity index (χ4v) is 6.45. The first-order valence-electron chi connectivity index (χ1n) is 14.2. The van der Waals surface area contributed by atoms with E-state index in [1.807, 2.05) is 19.1 Å². The molecule has 41 heavy (non-hydrogen) atoms. The maximum atomic E-state index is 16.6. The van der Waals surface area contributed by atoms with Gasteiger partial charge in [-0.2, -0.15) is 15.1 Å². The van der Waals surface area contributed by atoms with Crippen molar-refractivity contribution in [2.75, 3.05) is 37.7 Å². The van der Waals surface area contributed by atoms with Crippen LogP contribution in [0.2, 0.25) is 5.02 Å². The Hall–Kier alpha value is -3.11. The fraction of sp³-hybridized carbons (Fsp3) is 0.500. The fourth-order valence-electron chi connectivity index (χ4n) is 6.16. The molecule has 0 amide bonds. The number of aromatic nitrogens is 4. The number of fused-ring (bicyclic) bond motifs is 2. The monoisotopic (exact) mass is 586 g/mol. The van der Waals surface area contributed by atoms with Crippen LogP contribution in [-0.4, -0.2) is 69.8 Å². The number of piperidine rings is 1. The topological polar surface area (TPSA) is 70.2 Å². The lowest BCUT2D eigenvalue weighted by Crippen LogP contribution is -2.41. The van der Waals surface area contributed by atoms with Gasteiger partial charge in [-0.15, -0.1) is 0 Å². The lowest BCUT2D eigenvalue weighted by molar-refractivity contribution is 0.0118. The van der Waals surface area contributed by atoms with Crippen molar-refractivity contribution >= 4 is 39.2 Å². The van der Waals surface area contributed by atoms with E-state index < -0.39 is 11.7 Å². The number of hydrogen-bond acceptors (Lipinski definition) is 6. The minimum absolute atomic E-state index is 0.0649. The lowest BCUT2D eigenvalue weighted by Gasteiger charge is -2.38. The standard InChI is InChI=1S/C30H34ClF3N6O/c1-17-5-7-19(3)40(15-17)28-20-13-22(31)25(24-18(2)6-8-23-21(24)14-35-38-23)26(32)27(20)36-29(37-28)41-12-4-10-39-11-9-30(33,34)16-39/h6,8,13-14,17,19H,4-5,7,9-12,15-16H2,1-3H3,(H,35,38)/t17-,19-/m0/s1. The quantitative estimate of drug-likeness (QED) is 0.235. The average molecular weight is 587 g/mol. The SMILES string of the molecule is Cc1ccc2[nH]ncc2c1-c1c(Cl)cc2c(N3C[C@@H](C)CC[C@@H]3C)nc(OCCCN3CCC(F)(F)C3)nc2c1F. The number of anilines is 1. The van der Waals surface area contributed by atoms with Crippen molar-refractivity contribution in [2.45, 2.75) is 58.4 Å².